The molecular weight excluding hydrogens is 301 g/mol. The number of nitro groups is 1. The van der Waals surface area contributed by atoms with Crippen LogP contribution in [0.4, 0.5) is 21.5 Å². The van der Waals surface area contributed by atoms with Crippen molar-refractivity contribution in [1.82, 2.24) is 0 Å². The van der Waals surface area contributed by atoms with Crippen LogP contribution in [0.3, 0.4) is 0 Å². The molecule has 0 heterocycles. The minimum absolute atomic E-state index is 0.0871. The molecular formula is C16H16FN3O3. The molecule has 23 heavy (non-hydrogen) atoms. The fourth-order valence-corrected chi connectivity index (χ4v) is 2.03. The summed E-state index contributed by atoms with van der Waals surface area (Å²) in [6, 6.07) is 8.97. The molecule has 120 valence electrons. The maximum Gasteiger partial charge on any atom is 0.306 e. The van der Waals surface area contributed by atoms with Crippen molar-refractivity contribution in [1.29, 1.82) is 0 Å². The molecule has 6 nitrogen and oxygen atoms in total. The summed E-state index contributed by atoms with van der Waals surface area (Å²) in [6.45, 7) is 3.76. The molecule has 0 atom stereocenters. The van der Waals surface area contributed by atoms with E-state index in [4.69, 9.17) is 0 Å². The highest BCUT2D eigenvalue weighted by atomic mass is 19.1. The van der Waals surface area contributed by atoms with Gasteiger partial charge in [-0.2, -0.15) is 4.39 Å². The van der Waals surface area contributed by atoms with Crippen molar-refractivity contribution in [3.63, 3.8) is 0 Å². The van der Waals surface area contributed by atoms with Crippen LogP contribution < -0.4 is 10.6 Å². The van der Waals surface area contributed by atoms with Gasteiger partial charge in [-0.25, -0.2) is 0 Å². The van der Waals surface area contributed by atoms with Gasteiger partial charge in [0.25, 0.3) is 0 Å². The summed E-state index contributed by atoms with van der Waals surface area (Å²) in [5.41, 5.74) is 2.41. The van der Waals surface area contributed by atoms with Crippen LogP contribution in [0.1, 0.15) is 11.1 Å². The van der Waals surface area contributed by atoms with Gasteiger partial charge in [0.15, 0.2) is 0 Å². The minimum atomic E-state index is -0.916. The number of nitrogens with one attached hydrogen (secondary N) is 2. The molecule has 7 heteroatoms. The van der Waals surface area contributed by atoms with Crippen LogP contribution in [0, 0.1) is 29.8 Å². The van der Waals surface area contributed by atoms with Gasteiger partial charge in [-0.1, -0.05) is 12.1 Å². The van der Waals surface area contributed by atoms with Crippen molar-refractivity contribution < 1.29 is 14.1 Å². The Labute approximate surface area is 132 Å². The molecule has 1 amide bonds. The molecule has 2 aromatic rings. The second-order valence-electron chi connectivity index (χ2n) is 5.07. The van der Waals surface area contributed by atoms with Crippen molar-refractivity contribution in [2.45, 2.75) is 13.8 Å². The fraction of sp³-hybridized carbons (Fsp3) is 0.188. The summed E-state index contributed by atoms with van der Waals surface area (Å²) < 4.78 is 13.2. The highest BCUT2D eigenvalue weighted by molar-refractivity contribution is 5.94. The first-order chi connectivity index (χ1) is 10.9. The first-order valence-electron chi connectivity index (χ1n) is 6.92. The Morgan fingerprint density at radius 3 is 2.70 bits per heavy atom. The van der Waals surface area contributed by atoms with Gasteiger partial charge < -0.3 is 10.6 Å². The molecule has 0 spiro atoms. The standard InChI is InChI=1S/C16H16FN3O3/c1-10-4-3-5-14(11(10)2)19-16(21)9-18-12-6-7-13(17)15(8-12)20(22)23/h3-8,18H,9H2,1-2H3,(H,19,21). The van der Waals surface area contributed by atoms with Crippen molar-refractivity contribution in [3.8, 4) is 0 Å². The van der Waals surface area contributed by atoms with Crippen LogP contribution in [-0.2, 0) is 4.79 Å². The van der Waals surface area contributed by atoms with E-state index in [-0.39, 0.29) is 12.5 Å². The Morgan fingerprint density at radius 2 is 2.00 bits per heavy atom. The molecule has 0 aliphatic rings. The second-order valence-corrected chi connectivity index (χ2v) is 5.07. The number of anilines is 2. The first-order valence-corrected chi connectivity index (χ1v) is 6.92. The molecule has 0 saturated heterocycles. The Balaban J connectivity index is 2.01. The van der Waals surface area contributed by atoms with E-state index in [1.807, 2.05) is 26.0 Å². The van der Waals surface area contributed by atoms with Crippen molar-refractivity contribution in [2.75, 3.05) is 17.2 Å². The number of benzene rings is 2. The maximum atomic E-state index is 13.2. The maximum absolute atomic E-state index is 13.2. The Kier molecular flexibility index (Phi) is 4.90. The second kappa shape index (κ2) is 6.87. The van der Waals surface area contributed by atoms with E-state index < -0.39 is 16.4 Å². The number of hydrogen-bond acceptors (Lipinski definition) is 4. The lowest BCUT2D eigenvalue weighted by Gasteiger charge is -2.11. The Hall–Kier alpha value is -2.96. The Morgan fingerprint density at radius 1 is 1.26 bits per heavy atom. The molecule has 0 fully saturated rings. The summed E-state index contributed by atoms with van der Waals surface area (Å²) in [7, 11) is 0. The van der Waals surface area contributed by atoms with Gasteiger partial charge in [0.2, 0.25) is 11.7 Å². The lowest BCUT2D eigenvalue weighted by atomic mass is 10.1. The molecule has 2 aromatic carbocycles. The number of halogens is 1. The fourth-order valence-electron chi connectivity index (χ4n) is 2.03. The van der Waals surface area contributed by atoms with E-state index in [0.29, 0.717) is 11.4 Å². The number of amides is 1. The third kappa shape index (κ3) is 4.03. The third-order valence-electron chi connectivity index (χ3n) is 3.47. The highest BCUT2D eigenvalue weighted by Crippen LogP contribution is 2.21. The van der Waals surface area contributed by atoms with E-state index in [1.165, 1.54) is 6.07 Å². The number of aryl methyl sites for hydroxylation is 1. The SMILES string of the molecule is Cc1cccc(NC(=O)CNc2ccc(F)c([N+](=O)[O-])c2)c1C. The summed E-state index contributed by atoms with van der Waals surface area (Å²) in [4.78, 5) is 21.8. The average Bonchev–Trinajstić information content (AvgIpc) is 2.51. The number of rotatable bonds is 5. The molecule has 0 aliphatic heterocycles. The monoisotopic (exact) mass is 317 g/mol. The summed E-state index contributed by atoms with van der Waals surface area (Å²) in [5.74, 6) is -1.22. The number of hydrogen-bond donors (Lipinski definition) is 2. The quantitative estimate of drug-likeness (QED) is 0.654. The van der Waals surface area contributed by atoms with Crippen molar-refractivity contribution in [2.24, 2.45) is 0 Å². The van der Waals surface area contributed by atoms with Crippen LogP contribution >= 0.6 is 0 Å². The zero-order valence-electron chi connectivity index (χ0n) is 12.7. The predicted molar refractivity (Wildman–Crippen MR) is 86.1 cm³/mol. The number of carbonyl (C=O) groups excluding carboxylic acids is 1. The van der Waals surface area contributed by atoms with Crippen molar-refractivity contribution >= 4 is 23.0 Å². The zero-order valence-corrected chi connectivity index (χ0v) is 12.7. The van der Waals surface area contributed by atoms with E-state index in [0.717, 1.165) is 23.3 Å². The van der Waals surface area contributed by atoms with Crippen LogP contribution in [0.2, 0.25) is 0 Å². The topological polar surface area (TPSA) is 84.3 Å². The van der Waals surface area contributed by atoms with E-state index in [2.05, 4.69) is 10.6 Å². The van der Waals surface area contributed by atoms with Crippen LogP contribution in [0.15, 0.2) is 36.4 Å². The summed E-state index contributed by atoms with van der Waals surface area (Å²) in [6.07, 6.45) is 0. The van der Waals surface area contributed by atoms with Gasteiger partial charge in [0.1, 0.15) is 0 Å². The number of nitro benzene ring substituents is 1. The molecule has 2 N–H and O–H groups in total. The molecule has 0 radical (unpaired) electrons. The zero-order chi connectivity index (χ0) is 17.0. The number of nitrogens with zero attached hydrogens (tertiary/aromatic N) is 1. The molecule has 0 aliphatic carbocycles. The van der Waals surface area contributed by atoms with Gasteiger partial charge in [-0.3, -0.25) is 14.9 Å². The first kappa shape index (κ1) is 16.4. The normalized spacial score (nSPS) is 10.2. The van der Waals surface area contributed by atoms with E-state index >= 15 is 0 Å². The lowest BCUT2D eigenvalue weighted by molar-refractivity contribution is -0.387. The van der Waals surface area contributed by atoms with Crippen LogP contribution in [0.25, 0.3) is 0 Å². The van der Waals surface area contributed by atoms with Crippen LogP contribution in [-0.4, -0.2) is 17.4 Å². The highest BCUT2D eigenvalue weighted by Gasteiger charge is 2.14. The predicted octanol–water partition coefficient (Wildman–Crippen LogP) is 3.40. The molecule has 2 rings (SSSR count). The van der Waals surface area contributed by atoms with Gasteiger partial charge in [0.05, 0.1) is 11.5 Å². The largest absolute Gasteiger partial charge is 0.376 e. The van der Waals surface area contributed by atoms with Crippen molar-refractivity contribution in [3.05, 3.63) is 63.5 Å². The Bertz CT molecular complexity index is 762. The summed E-state index contributed by atoms with van der Waals surface area (Å²) >= 11 is 0. The molecule has 0 aromatic heterocycles. The van der Waals surface area contributed by atoms with E-state index in [1.54, 1.807) is 6.07 Å². The smallest absolute Gasteiger partial charge is 0.306 e. The lowest BCUT2D eigenvalue weighted by Crippen LogP contribution is -2.22. The minimum Gasteiger partial charge on any atom is -0.376 e. The molecule has 0 bridgehead atoms. The summed E-state index contributed by atoms with van der Waals surface area (Å²) in [5, 5.41) is 16.2. The van der Waals surface area contributed by atoms with Crippen LogP contribution in [0.5, 0.6) is 0 Å². The number of carbonyl (C=O) groups is 1. The van der Waals surface area contributed by atoms with Gasteiger partial charge in [0, 0.05) is 17.4 Å². The molecule has 0 saturated carbocycles. The third-order valence-corrected chi connectivity index (χ3v) is 3.47. The molecule has 0 unspecified atom stereocenters. The van der Waals surface area contributed by atoms with Gasteiger partial charge >= 0.3 is 5.69 Å². The van der Waals surface area contributed by atoms with E-state index in [9.17, 15) is 19.3 Å². The van der Waals surface area contributed by atoms with Gasteiger partial charge in [-0.05, 0) is 43.2 Å². The van der Waals surface area contributed by atoms with Gasteiger partial charge in [-0.15, -0.1) is 0 Å². The average molecular weight is 317 g/mol.